The highest BCUT2D eigenvalue weighted by atomic mass is 16.6. The topological polar surface area (TPSA) is 59.5 Å². The number of carbonyl (C=O) groups is 2. The summed E-state index contributed by atoms with van der Waals surface area (Å²) in [5, 5.41) is 0. The molecular formula is C17H24N2O3. The van der Waals surface area contributed by atoms with Gasteiger partial charge < -0.3 is 9.64 Å². The highest BCUT2D eigenvalue weighted by Gasteiger charge is 2.30. The molecule has 0 saturated carbocycles. The third-order valence-electron chi connectivity index (χ3n) is 3.63. The van der Waals surface area contributed by atoms with Gasteiger partial charge >= 0.3 is 6.09 Å². The lowest BCUT2D eigenvalue weighted by atomic mass is 9.91. The summed E-state index contributed by atoms with van der Waals surface area (Å²) in [5.41, 5.74) is 0.408. The Morgan fingerprint density at radius 1 is 1.41 bits per heavy atom. The summed E-state index contributed by atoms with van der Waals surface area (Å²) >= 11 is 0. The van der Waals surface area contributed by atoms with Crippen molar-refractivity contribution in [2.24, 2.45) is 5.92 Å². The molecule has 22 heavy (non-hydrogen) atoms. The molecule has 0 spiro atoms. The van der Waals surface area contributed by atoms with Crippen LogP contribution in [0, 0.1) is 5.92 Å². The fraction of sp³-hybridized carbons (Fsp3) is 0.588. The lowest BCUT2D eigenvalue weighted by Crippen LogP contribution is -2.44. The Hall–Kier alpha value is -1.91. The fourth-order valence-corrected chi connectivity index (χ4v) is 2.58. The Labute approximate surface area is 131 Å². The van der Waals surface area contributed by atoms with Crippen molar-refractivity contribution in [1.29, 1.82) is 0 Å². The summed E-state index contributed by atoms with van der Waals surface area (Å²) in [6.45, 7) is 6.65. The molecule has 0 unspecified atom stereocenters. The van der Waals surface area contributed by atoms with E-state index in [4.69, 9.17) is 4.74 Å². The number of aromatic nitrogens is 1. The molecule has 0 radical (unpaired) electrons. The van der Waals surface area contributed by atoms with Gasteiger partial charge in [-0.1, -0.05) is 6.07 Å². The normalized spacial score (nSPS) is 18.9. The number of Topliss-reactive ketones (excluding diaryl/α,β-unsaturated/α-hetero) is 1. The number of ketones is 1. The standard InChI is InChI=1S/C17H24N2O3/c1-17(2,3)22-16(21)19-9-5-7-14(12-19)15(20)10-13-6-4-8-18-11-13/h4,6,8,11,14H,5,7,9-10,12H2,1-3H3/t14-/m1/s1. The zero-order valence-electron chi connectivity index (χ0n) is 13.5. The molecule has 1 aromatic heterocycles. The Balaban J connectivity index is 1.92. The van der Waals surface area contributed by atoms with E-state index >= 15 is 0 Å². The zero-order chi connectivity index (χ0) is 16.2. The molecule has 1 amide bonds. The van der Waals surface area contributed by atoms with Gasteiger partial charge in [0.15, 0.2) is 0 Å². The minimum atomic E-state index is -0.510. The summed E-state index contributed by atoms with van der Waals surface area (Å²) in [5.74, 6) is 0.0581. The van der Waals surface area contributed by atoms with E-state index in [1.807, 2.05) is 32.9 Å². The fourth-order valence-electron chi connectivity index (χ4n) is 2.58. The van der Waals surface area contributed by atoms with Crippen LogP contribution in [0.2, 0.25) is 0 Å². The Bertz CT molecular complexity index is 522. The van der Waals surface area contributed by atoms with Crippen LogP contribution >= 0.6 is 0 Å². The molecule has 1 aliphatic heterocycles. The van der Waals surface area contributed by atoms with Crippen molar-refractivity contribution in [2.75, 3.05) is 13.1 Å². The van der Waals surface area contributed by atoms with Gasteiger partial charge in [-0.25, -0.2) is 4.79 Å². The molecule has 0 N–H and O–H groups in total. The molecule has 0 bridgehead atoms. The largest absolute Gasteiger partial charge is 0.444 e. The molecule has 1 aliphatic rings. The van der Waals surface area contributed by atoms with Gasteiger partial charge in [0.25, 0.3) is 0 Å². The lowest BCUT2D eigenvalue weighted by Gasteiger charge is -2.33. The van der Waals surface area contributed by atoms with Crippen molar-refractivity contribution in [3.63, 3.8) is 0 Å². The molecule has 2 heterocycles. The van der Waals surface area contributed by atoms with Crippen LogP contribution in [0.4, 0.5) is 4.79 Å². The van der Waals surface area contributed by atoms with Gasteiger partial charge in [-0.05, 0) is 45.2 Å². The molecule has 0 aromatic carbocycles. The predicted octanol–water partition coefficient (Wildman–Crippen LogP) is 2.84. The number of pyridine rings is 1. The highest BCUT2D eigenvalue weighted by molar-refractivity contribution is 5.84. The third kappa shape index (κ3) is 4.83. The van der Waals surface area contributed by atoms with Crippen LogP contribution < -0.4 is 0 Å². The molecule has 120 valence electrons. The highest BCUT2D eigenvalue weighted by Crippen LogP contribution is 2.21. The second-order valence-corrected chi connectivity index (χ2v) is 6.77. The number of hydrogen-bond acceptors (Lipinski definition) is 4. The average Bonchev–Trinajstić information content (AvgIpc) is 2.46. The number of carbonyl (C=O) groups excluding carboxylic acids is 2. The zero-order valence-corrected chi connectivity index (χ0v) is 13.5. The lowest BCUT2D eigenvalue weighted by molar-refractivity contribution is -0.123. The van der Waals surface area contributed by atoms with Crippen LogP contribution in [-0.2, 0) is 16.0 Å². The average molecular weight is 304 g/mol. The molecular weight excluding hydrogens is 280 g/mol. The number of piperidine rings is 1. The summed E-state index contributed by atoms with van der Waals surface area (Å²) < 4.78 is 5.39. The summed E-state index contributed by atoms with van der Waals surface area (Å²) in [7, 11) is 0. The number of likely N-dealkylation sites (tertiary alicyclic amines) is 1. The monoisotopic (exact) mass is 304 g/mol. The van der Waals surface area contributed by atoms with E-state index in [0.29, 0.717) is 19.5 Å². The predicted molar refractivity (Wildman–Crippen MR) is 83.5 cm³/mol. The maximum absolute atomic E-state index is 12.4. The first-order valence-electron chi connectivity index (χ1n) is 7.75. The second-order valence-electron chi connectivity index (χ2n) is 6.77. The summed E-state index contributed by atoms with van der Waals surface area (Å²) in [4.78, 5) is 30.2. The van der Waals surface area contributed by atoms with Gasteiger partial charge in [0, 0.05) is 37.8 Å². The molecule has 1 atom stereocenters. The van der Waals surface area contributed by atoms with E-state index in [1.54, 1.807) is 17.3 Å². The minimum absolute atomic E-state index is 0.110. The van der Waals surface area contributed by atoms with Crippen molar-refractivity contribution in [2.45, 2.75) is 45.6 Å². The first kappa shape index (κ1) is 16.5. The molecule has 5 heteroatoms. The Kier molecular flexibility index (Phi) is 5.16. The summed E-state index contributed by atoms with van der Waals surface area (Å²) in [6, 6.07) is 3.73. The maximum atomic E-state index is 12.4. The second kappa shape index (κ2) is 6.90. The van der Waals surface area contributed by atoms with Crippen molar-refractivity contribution >= 4 is 11.9 Å². The van der Waals surface area contributed by atoms with Crippen LogP contribution in [0.5, 0.6) is 0 Å². The Morgan fingerprint density at radius 2 is 2.18 bits per heavy atom. The number of nitrogens with zero attached hydrogens (tertiary/aromatic N) is 2. The van der Waals surface area contributed by atoms with Crippen LogP contribution in [0.25, 0.3) is 0 Å². The van der Waals surface area contributed by atoms with Crippen LogP contribution in [0.15, 0.2) is 24.5 Å². The number of hydrogen-bond donors (Lipinski definition) is 0. The molecule has 1 saturated heterocycles. The number of ether oxygens (including phenoxy) is 1. The van der Waals surface area contributed by atoms with Crippen LogP contribution in [0.1, 0.15) is 39.2 Å². The van der Waals surface area contributed by atoms with Gasteiger partial charge in [-0.15, -0.1) is 0 Å². The van der Waals surface area contributed by atoms with Crippen molar-refractivity contribution < 1.29 is 14.3 Å². The number of amides is 1. The summed E-state index contributed by atoms with van der Waals surface area (Å²) in [6.07, 6.45) is 5.12. The van der Waals surface area contributed by atoms with E-state index in [9.17, 15) is 9.59 Å². The van der Waals surface area contributed by atoms with E-state index in [1.165, 1.54) is 0 Å². The molecule has 5 nitrogen and oxygen atoms in total. The van der Waals surface area contributed by atoms with Crippen LogP contribution in [0.3, 0.4) is 0 Å². The van der Waals surface area contributed by atoms with Gasteiger partial charge in [0.2, 0.25) is 0 Å². The van der Waals surface area contributed by atoms with Crippen molar-refractivity contribution in [3.8, 4) is 0 Å². The number of rotatable bonds is 3. The van der Waals surface area contributed by atoms with Crippen molar-refractivity contribution in [1.82, 2.24) is 9.88 Å². The van der Waals surface area contributed by atoms with Gasteiger partial charge in [0.1, 0.15) is 11.4 Å². The minimum Gasteiger partial charge on any atom is -0.444 e. The van der Waals surface area contributed by atoms with Gasteiger partial charge in [-0.2, -0.15) is 0 Å². The smallest absolute Gasteiger partial charge is 0.410 e. The van der Waals surface area contributed by atoms with Crippen LogP contribution in [-0.4, -0.2) is 40.5 Å². The SMILES string of the molecule is CC(C)(C)OC(=O)N1CCC[C@@H](C(=O)Cc2cccnc2)C1. The Morgan fingerprint density at radius 3 is 2.82 bits per heavy atom. The quantitative estimate of drug-likeness (QED) is 0.861. The third-order valence-corrected chi connectivity index (χ3v) is 3.63. The molecule has 0 aliphatic carbocycles. The van der Waals surface area contributed by atoms with E-state index in [2.05, 4.69) is 4.98 Å². The molecule has 2 rings (SSSR count). The van der Waals surface area contributed by atoms with Gasteiger partial charge in [-0.3, -0.25) is 9.78 Å². The van der Waals surface area contributed by atoms with Crippen molar-refractivity contribution in [3.05, 3.63) is 30.1 Å². The van der Waals surface area contributed by atoms with E-state index in [0.717, 1.165) is 18.4 Å². The first-order chi connectivity index (χ1) is 10.3. The maximum Gasteiger partial charge on any atom is 0.410 e. The molecule has 1 aromatic rings. The molecule has 1 fully saturated rings. The van der Waals surface area contributed by atoms with E-state index < -0.39 is 5.60 Å². The first-order valence-corrected chi connectivity index (χ1v) is 7.75. The van der Waals surface area contributed by atoms with Gasteiger partial charge in [0.05, 0.1) is 0 Å². The van der Waals surface area contributed by atoms with E-state index in [-0.39, 0.29) is 17.8 Å².